The Kier molecular flexibility index (Phi) is 3.55. The van der Waals surface area contributed by atoms with Crippen LogP contribution in [0.2, 0.25) is 0 Å². The predicted octanol–water partition coefficient (Wildman–Crippen LogP) is 3.49. The van der Waals surface area contributed by atoms with Crippen molar-refractivity contribution in [1.29, 1.82) is 0 Å². The Bertz CT molecular complexity index is 606. The zero-order valence-electron chi connectivity index (χ0n) is 11.8. The molecule has 2 heteroatoms. The van der Waals surface area contributed by atoms with Gasteiger partial charge in [-0.05, 0) is 48.6 Å². The number of nitrogens with zero attached hydrogens (tertiary/aromatic N) is 1. The van der Waals surface area contributed by atoms with Gasteiger partial charge in [0, 0.05) is 24.3 Å². The number of aldehydes is 1. The molecule has 1 atom stereocenters. The third-order valence-electron chi connectivity index (χ3n) is 4.23. The number of aryl methyl sites for hydroxylation is 1. The normalized spacial score (nSPS) is 17.6. The highest BCUT2D eigenvalue weighted by Crippen LogP contribution is 2.31. The zero-order valence-corrected chi connectivity index (χ0v) is 11.8. The summed E-state index contributed by atoms with van der Waals surface area (Å²) < 4.78 is 0. The predicted molar refractivity (Wildman–Crippen MR) is 82.5 cm³/mol. The molecule has 0 saturated carbocycles. The van der Waals surface area contributed by atoms with E-state index in [2.05, 4.69) is 48.3 Å². The summed E-state index contributed by atoms with van der Waals surface area (Å²) >= 11 is 0. The topological polar surface area (TPSA) is 20.3 Å². The number of hydrogen-bond donors (Lipinski definition) is 0. The average Bonchev–Trinajstić information content (AvgIpc) is 2.51. The molecule has 1 aliphatic heterocycles. The molecule has 0 spiro atoms. The first kappa shape index (κ1) is 12.9. The van der Waals surface area contributed by atoms with Crippen LogP contribution in [0.4, 0.5) is 5.69 Å². The van der Waals surface area contributed by atoms with E-state index in [1.54, 1.807) is 0 Å². The van der Waals surface area contributed by atoms with Gasteiger partial charge in [-0.25, -0.2) is 0 Å². The van der Waals surface area contributed by atoms with Gasteiger partial charge in [-0.2, -0.15) is 0 Å². The van der Waals surface area contributed by atoms with Gasteiger partial charge >= 0.3 is 0 Å². The lowest BCUT2D eigenvalue weighted by Gasteiger charge is -2.36. The minimum Gasteiger partial charge on any atom is -0.371 e. The fourth-order valence-electron chi connectivity index (χ4n) is 3.06. The third kappa shape index (κ3) is 2.46. The average molecular weight is 265 g/mol. The molecule has 0 aliphatic carbocycles. The van der Waals surface area contributed by atoms with E-state index in [9.17, 15) is 4.79 Å². The summed E-state index contributed by atoms with van der Waals surface area (Å²) in [5, 5.41) is 0. The summed E-state index contributed by atoms with van der Waals surface area (Å²) in [5.74, 6) is 0. The second kappa shape index (κ2) is 5.49. The first-order valence-corrected chi connectivity index (χ1v) is 7.13. The van der Waals surface area contributed by atoms with E-state index in [1.165, 1.54) is 16.8 Å². The van der Waals surface area contributed by atoms with Crippen molar-refractivity contribution >= 4 is 12.0 Å². The lowest BCUT2D eigenvalue weighted by Crippen LogP contribution is -2.37. The number of carbonyl (C=O) groups excluding carboxylic acids is 1. The number of hydrogen-bond acceptors (Lipinski definition) is 2. The lowest BCUT2D eigenvalue weighted by atomic mass is 9.91. The maximum absolute atomic E-state index is 10.9. The second-order valence-electron chi connectivity index (χ2n) is 5.50. The van der Waals surface area contributed by atoms with Crippen molar-refractivity contribution in [2.24, 2.45) is 0 Å². The Morgan fingerprint density at radius 2 is 2.00 bits per heavy atom. The number of benzene rings is 2. The molecule has 0 N–H and O–H groups in total. The Hall–Kier alpha value is -2.09. The van der Waals surface area contributed by atoms with E-state index in [4.69, 9.17) is 0 Å². The fraction of sp³-hybridized carbons (Fsp3) is 0.278. The monoisotopic (exact) mass is 265 g/mol. The molecule has 0 saturated heterocycles. The Morgan fingerprint density at radius 3 is 2.75 bits per heavy atom. The largest absolute Gasteiger partial charge is 0.371 e. The van der Waals surface area contributed by atoms with Gasteiger partial charge in [-0.3, -0.25) is 4.79 Å². The highest BCUT2D eigenvalue weighted by molar-refractivity contribution is 5.77. The summed E-state index contributed by atoms with van der Waals surface area (Å²) in [5.41, 5.74) is 4.72. The Balaban J connectivity index is 1.82. The smallest absolute Gasteiger partial charge is 0.150 e. The summed E-state index contributed by atoms with van der Waals surface area (Å²) in [6.07, 6.45) is 4.20. The SMILES string of the molecule is CN1c2ccc(C=O)cc2CCC1Cc1ccccc1. The summed E-state index contributed by atoms with van der Waals surface area (Å²) in [6.45, 7) is 0. The van der Waals surface area contributed by atoms with Crippen LogP contribution in [0.5, 0.6) is 0 Å². The van der Waals surface area contributed by atoms with Crippen LogP contribution in [0.3, 0.4) is 0 Å². The molecule has 1 unspecified atom stereocenters. The second-order valence-corrected chi connectivity index (χ2v) is 5.50. The highest BCUT2D eigenvalue weighted by atomic mass is 16.1. The van der Waals surface area contributed by atoms with E-state index >= 15 is 0 Å². The molecule has 3 rings (SSSR count). The fourth-order valence-corrected chi connectivity index (χ4v) is 3.06. The van der Waals surface area contributed by atoms with Crippen molar-refractivity contribution in [3.05, 3.63) is 65.2 Å². The molecule has 0 radical (unpaired) electrons. The van der Waals surface area contributed by atoms with Gasteiger partial charge in [0.2, 0.25) is 0 Å². The molecule has 0 aromatic heterocycles. The highest BCUT2D eigenvalue weighted by Gasteiger charge is 2.23. The Morgan fingerprint density at radius 1 is 1.20 bits per heavy atom. The maximum atomic E-state index is 10.9. The van der Waals surface area contributed by atoms with Gasteiger partial charge in [-0.1, -0.05) is 30.3 Å². The molecule has 0 fully saturated rings. The van der Waals surface area contributed by atoms with E-state index in [0.717, 1.165) is 31.1 Å². The molecular formula is C18H19NO. The van der Waals surface area contributed by atoms with Crippen molar-refractivity contribution in [3.8, 4) is 0 Å². The van der Waals surface area contributed by atoms with Crippen molar-refractivity contribution in [2.45, 2.75) is 25.3 Å². The molecule has 1 aliphatic rings. The minimum absolute atomic E-state index is 0.534. The van der Waals surface area contributed by atoms with Gasteiger partial charge in [-0.15, -0.1) is 0 Å². The van der Waals surface area contributed by atoms with E-state index in [-0.39, 0.29) is 0 Å². The zero-order chi connectivity index (χ0) is 13.9. The van der Waals surface area contributed by atoms with Crippen molar-refractivity contribution in [3.63, 3.8) is 0 Å². The molecular weight excluding hydrogens is 246 g/mol. The molecule has 2 nitrogen and oxygen atoms in total. The van der Waals surface area contributed by atoms with Gasteiger partial charge in [0.1, 0.15) is 6.29 Å². The van der Waals surface area contributed by atoms with Crippen LogP contribution in [0.15, 0.2) is 48.5 Å². The van der Waals surface area contributed by atoms with Gasteiger partial charge < -0.3 is 4.90 Å². The van der Waals surface area contributed by atoms with Crippen molar-refractivity contribution in [1.82, 2.24) is 0 Å². The summed E-state index contributed by atoms with van der Waals surface area (Å²) in [7, 11) is 2.16. The van der Waals surface area contributed by atoms with Crippen molar-refractivity contribution in [2.75, 3.05) is 11.9 Å². The Labute approximate surface area is 120 Å². The molecule has 2 aromatic carbocycles. The first-order chi connectivity index (χ1) is 9.78. The minimum atomic E-state index is 0.534. The molecule has 0 bridgehead atoms. The molecule has 20 heavy (non-hydrogen) atoms. The van der Waals surface area contributed by atoms with Crippen LogP contribution >= 0.6 is 0 Å². The third-order valence-corrected chi connectivity index (χ3v) is 4.23. The molecule has 1 heterocycles. The lowest BCUT2D eigenvalue weighted by molar-refractivity contribution is 0.112. The summed E-state index contributed by atoms with van der Waals surface area (Å²) in [6, 6.07) is 17.2. The van der Waals surface area contributed by atoms with Crippen LogP contribution in [-0.4, -0.2) is 19.4 Å². The van der Waals surface area contributed by atoms with Crippen molar-refractivity contribution < 1.29 is 4.79 Å². The maximum Gasteiger partial charge on any atom is 0.150 e. The van der Waals surface area contributed by atoms with Crippen LogP contribution in [-0.2, 0) is 12.8 Å². The van der Waals surface area contributed by atoms with Gasteiger partial charge in [0.15, 0.2) is 0 Å². The van der Waals surface area contributed by atoms with Crippen LogP contribution in [0, 0.1) is 0 Å². The number of anilines is 1. The first-order valence-electron chi connectivity index (χ1n) is 7.13. The number of likely N-dealkylation sites (N-methyl/N-ethyl adjacent to an activating group) is 1. The summed E-state index contributed by atoms with van der Waals surface area (Å²) in [4.78, 5) is 13.2. The molecule has 102 valence electrons. The number of rotatable bonds is 3. The molecule has 2 aromatic rings. The van der Waals surface area contributed by atoms with Crippen LogP contribution < -0.4 is 4.90 Å². The standard InChI is InChI=1S/C18H19NO/c1-19-17(12-14-5-3-2-4-6-14)9-8-16-11-15(13-20)7-10-18(16)19/h2-7,10-11,13,17H,8-9,12H2,1H3. The van der Waals surface area contributed by atoms with E-state index in [0.29, 0.717) is 6.04 Å². The number of fused-ring (bicyclic) bond motifs is 1. The van der Waals surface area contributed by atoms with Gasteiger partial charge in [0.25, 0.3) is 0 Å². The van der Waals surface area contributed by atoms with Crippen LogP contribution in [0.25, 0.3) is 0 Å². The van der Waals surface area contributed by atoms with E-state index < -0.39 is 0 Å². The number of carbonyl (C=O) groups is 1. The van der Waals surface area contributed by atoms with Gasteiger partial charge in [0.05, 0.1) is 0 Å². The molecule has 0 amide bonds. The quantitative estimate of drug-likeness (QED) is 0.792. The van der Waals surface area contributed by atoms with E-state index in [1.807, 2.05) is 12.1 Å². The van der Waals surface area contributed by atoms with Crippen LogP contribution in [0.1, 0.15) is 27.9 Å².